The summed E-state index contributed by atoms with van der Waals surface area (Å²) in [4.78, 5) is 15.1. The predicted molar refractivity (Wildman–Crippen MR) is 101 cm³/mol. The molecule has 2 aliphatic rings. The van der Waals surface area contributed by atoms with E-state index in [0.29, 0.717) is 12.5 Å². The number of likely N-dealkylation sites (tertiary alicyclic amines) is 1. The fourth-order valence-electron chi connectivity index (χ4n) is 4.51. The first-order valence-corrected chi connectivity index (χ1v) is 10.0. The summed E-state index contributed by atoms with van der Waals surface area (Å²) < 4.78 is 1.86. The summed E-state index contributed by atoms with van der Waals surface area (Å²) in [6, 6.07) is 0.340. The maximum atomic E-state index is 12.4. The van der Waals surface area contributed by atoms with Crippen LogP contribution < -0.4 is 5.32 Å². The van der Waals surface area contributed by atoms with Gasteiger partial charge in [0.1, 0.15) is 0 Å². The second-order valence-electron chi connectivity index (χ2n) is 8.10. The molecule has 0 radical (unpaired) electrons. The zero-order valence-electron chi connectivity index (χ0n) is 16.2. The van der Waals surface area contributed by atoms with Crippen molar-refractivity contribution in [3.8, 4) is 0 Å². The highest BCUT2D eigenvalue weighted by atomic mass is 16.1. The quantitative estimate of drug-likeness (QED) is 0.892. The van der Waals surface area contributed by atoms with E-state index < -0.39 is 0 Å². The van der Waals surface area contributed by atoms with E-state index >= 15 is 0 Å². The smallest absolute Gasteiger partial charge is 0.224 e. The Balaban J connectivity index is 1.41. The van der Waals surface area contributed by atoms with E-state index in [2.05, 4.69) is 15.3 Å². The molecule has 140 valence electrons. The van der Waals surface area contributed by atoms with Crippen LogP contribution in [0.3, 0.4) is 0 Å². The third-order valence-electron chi connectivity index (χ3n) is 6.19. The van der Waals surface area contributed by atoms with Crippen LogP contribution in [0.4, 0.5) is 0 Å². The molecule has 1 aliphatic heterocycles. The minimum Gasteiger partial charge on any atom is -0.353 e. The van der Waals surface area contributed by atoms with Crippen LogP contribution in [0, 0.1) is 19.8 Å². The van der Waals surface area contributed by atoms with Crippen molar-refractivity contribution >= 4 is 5.91 Å². The maximum absolute atomic E-state index is 12.4. The molecule has 0 aromatic carbocycles. The summed E-state index contributed by atoms with van der Waals surface area (Å²) in [6.45, 7) is 7.55. The number of rotatable bonds is 5. The second-order valence-corrected chi connectivity index (χ2v) is 8.10. The molecule has 5 heteroatoms. The Morgan fingerprint density at radius 1 is 1.12 bits per heavy atom. The van der Waals surface area contributed by atoms with Crippen molar-refractivity contribution in [3.05, 3.63) is 17.0 Å². The van der Waals surface area contributed by atoms with Crippen molar-refractivity contribution in [1.82, 2.24) is 20.0 Å². The van der Waals surface area contributed by atoms with Gasteiger partial charge in [-0.1, -0.05) is 19.3 Å². The van der Waals surface area contributed by atoms with E-state index in [4.69, 9.17) is 0 Å². The van der Waals surface area contributed by atoms with Crippen molar-refractivity contribution in [2.45, 2.75) is 71.3 Å². The molecule has 1 aliphatic carbocycles. The Morgan fingerprint density at radius 2 is 1.80 bits per heavy atom. The van der Waals surface area contributed by atoms with Crippen LogP contribution in [0.2, 0.25) is 0 Å². The Labute approximate surface area is 152 Å². The lowest BCUT2D eigenvalue weighted by Crippen LogP contribution is -2.46. The number of nitrogens with zero attached hydrogens (tertiary/aromatic N) is 3. The van der Waals surface area contributed by atoms with Gasteiger partial charge in [-0.05, 0) is 45.4 Å². The van der Waals surface area contributed by atoms with Gasteiger partial charge in [0.15, 0.2) is 0 Å². The van der Waals surface area contributed by atoms with Gasteiger partial charge in [0.05, 0.1) is 12.1 Å². The van der Waals surface area contributed by atoms with Gasteiger partial charge < -0.3 is 10.2 Å². The molecule has 5 nitrogen and oxygen atoms in total. The Bertz CT molecular complexity index is 581. The van der Waals surface area contributed by atoms with E-state index in [1.807, 2.05) is 25.6 Å². The molecule has 0 spiro atoms. The van der Waals surface area contributed by atoms with Crippen LogP contribution >= 0.6 is 0 Å². The van der Waals surface area contributed by atoms with E-state index in [0.717, 1.165) is 48.8 Å². The Morgan fingerprint density at radius 3 is 2.40 bits per heavy atom. The predicted octanol–water partition coefficient (Wildman–Crippen LogP) is 2.74. The summed E-state index contributed by atoms with van der Waals surface area (Å²) in [6.07, 6.45) is 9.73. The molecule has 3 rings (SSSR count). The number of amides is 1. The highest BCUT2D eigenvalue weighted by molar-refractivity contribution is 5.79. The molecule has 2 fully saturated rings. The number of hydrogen-bond donors (Lipinski definition) is 1. The highest BCUT2D eigenvalue weighted by Crippen LogP contribution is 2.25. The van der Waals surface area contributed by atoms with Crippen LogP contribution in [-0.4, -0.2) is 46.3 Å². The van der Waals surface area contributed by atoms with Gasteiger partial charge in [-0.3, -0.25) is 9.48 Å². The Hall–Kier alpha value is -1.36. The lowest BCUT2D eigenvalue weighted by Gasteiger charge is -2.35. The van der Waals surface area contributed by atoms with Crippen LogP contribution in [0.15, 0.2) is 0 Å². The van der Waals surface area contributed by atoms with Crippen molar-refractivity contribution < 1.29 is 4.79 Å². The number of aromatic nitrogens is 2. The molecule has 1 N–H and O–H groups in total. The molecule has 1 amide bonds. The van der Waals surface area contributed by atoms with Crippen LogP contribution in [0.25, 0.3) is 0 Å². The standard InChI is InChI=1S/C20H34N4O/c1-15-19(16(2)23(3)22-15)13-20(25)21-18-9-11-24(12-10-18)14-17-7-5-4-6-8-17/h17-18H,4-14H2,1-3H3,(H,21,25). The first kappa shape index (κ1) is 18.4. The van der Waals surface area contributed by atoms with Gasteiger partial charge in [-0.15, -0.1) is 0 Å². The van der Waals surface area contributed by atoms with Gasteiger partial charge in [0.2, 0.25) is 5.91 Å². The first-order valence-electron chi connectivity index (χ1n) is 10.0. The minimum atomic E-state index is 0.143. The first-order chi connectivity index (χ1) is 12.0. The fraction of sp³-hybridized carbons (Fsp3) is 0.800. The molecule has 1 saturated carbocycles. The van der Waals surface area contributed by atoms with Gasteiger partial charge in [-0.2, -0.15) is 5.10 Å². The molecular formula is C20H34N4O. The lowest BCUT2D eigenvalue weighted by atomic mass is 9.88. The molecule has 1 saturated heterocycles. The third-order valence-corrected chi connectivity index (χ3v) is 6.19. The molecule has 1 aromatic heterocycles. The SMILES string of the molecule is Cc1nn(C)c(C)c1CC(=O)NC1CCN(CC2CCCCC2)CC1. The molecule has 25 heavy (non-hydrogen) atoms. The summed E-state index contributed by atoms with van der Waals surface area (Å²) in [5.41, 5.74) is 3.14. The third kappa shape index (κ3) is 4.84. The molecule has 0 bridgehead atoms. The number of piperidine rings is 1. The average molecular weight is 347 g/mol. The summed E-state index contributed by atoms with van der Waals surface area (Å²) in [5.74, 6) is 1.06. The lowest BCUT2D eigenvalue weighted by molar-refractivity contribution is -0.121. The van der Waals surface area contributed by atoms with Crippen molar-refractivity contribution in [2.24, 2.45) is 13.0 Å². The number of nitrogens with one attached hydrogen (secondary N) is 1. The topological polar surface area (TPSA) is 50.2 Å². The zero-order chi connectivity index (χ0) is 17.8. The summed E-state index contributed by atoms with van der Waals surface area (Å²) >= 11 is 0. The molecule has 1 aromatic rings. The van der Waals surface area contributed by atoms with Crippen molar-refractivity contribution in [2.75, 3.05) is 19.6 Å². The van der Waals surface area contributed by atoms with E-state index in [1.165, 1.54) is 38.6 Å². The van der Waals surface area contributed by atoms with Crippen LogP contribution in [0.5, 0.6) is 0 Å². The van der Waals surface area contributed by atoms with Gasteiger partial charge in [0, 0.05) is 44.0 Å². The zero-order valence-corrected chi connectivity index (χ0v) is 16.2. The molecule has 0 unspecified atom stereocenters. The monoisotopic (exact) mass is 346 g/mol. The van der Waals surface area contributed by atoms with Gasteiger partial charge in [-0.25, -0.2) is 0 Å². The Kier molecular flexibility index (Phi) is 6.15. The van der Waals surface area contributed by atoms with Crippen molar-refractivity contribution in [3.63, 3.8) is 0 Å². The second kappa shape index (κ2) is 8.35. The highest BCUT2D eigenvalue weighted by Gasteiger charge is 2.24. The molecular weight excluding hydrogens is 312 g/mol. The molecule has 0 atom stereocenters. The number of carbonyl (C=O) groups is 1. The maximum Gasteiger partial charge on any atom is 0.224 e. The number of hydrogen-bond acceptors (Lipinski definition) is 3. The van der Waals surface area contributed by atoms with Gasteiger partial charge in [0.25, 0.3) is 0 Å². The largest absolute Gasteiger partial charge is 0.353 e. The van der Waals surface area contributed by atoms with Gasteiger partial charge >= 0.3 is 0 Å². The van der Waals surface area contributed by atoms with E-state index in [-0.39, 0.29) is 5.91 Å². The number of aryl methyl sites for hydroxylation is 2. The van der Waals surface area contributed by atoms with Crippen molar-refractivity contribution in [1.29, 1.82) is 0 Å². The summed E-state index contributed by atoms with van der Waals surface area (Å²) in [5, 5.41) is 7.66. The average Bonchev–Trinajstić information content (AvgIpc) is 2.84. The molecule has 2 heterocycles. The number of carbonyl (C=O) groups excluding carboxylic acids is 1. The summed E-state index contributed by atoms with van der Waals surface area (Å²) in [7, 11) is 1.94. The fourth-order valence-corrected chi connectivity index (χ4v) is 4.51. The normalized spacial score (nSPS) is 20.8. The van der Waals surface area contributed by atoms with Crippen LogP contribution in [-0.2, 0) is 18.3 Å². The minimum absolute atomic E-state index is 0.143. The van der Waals surface area contributed by atoms with E-state index in [9.17, 15) is 4.79 Å². The van der Waals surface area contributed by atoms with Crippen LogP contribution in [0.1, 0.15) is 61.9 Å². The van der Waals surface area contributed by atoms with E-state index in [1.54, 1.807) is 0 Å².